The summed E-state index contributed by atoms with van der Waals surface area (Å²) in [6.45, 7) is 1.83. The van der Waals surface area contributed by atoms with E-state index in [4.69, 9.17) is 17.0 Å². The van der Waals surface area contributed by atoms with Gasteiger partial charge in [0.25, 0.3) is 5.91 Å². The quantitative estimate of drug-likeness (QED) is 0.312. The van der Waals surface area contributed by atoms with Crippen LogP contribution in [0, 0.1) is 11.2 Å². The number of carbonyl (C=O) groups is 1. The van der Waals surface area contributed by atoms with Crippen molar-refractivity contribution < 1.29 is 22.4 Å². The van der Waals surface area contributed by atoms with Crippen molar-refractivity contribution in [1.29, 1.82) is 5.41 Å². The highest BCUT2D eigenvalue weighted by molar-refractivity contribution is 6.30. The molecule has 0 unspecified atom stereocenters. The first kappa shape index (κ1) is 26.2. The molecule has 4 aromatic rings. The van der Waals surface area contributed by atoms with E-state index in [-0.39, 0.29) is 33.9 Å². The second-order valence-electron chi connectivity index (χ2n) is 8.55. The number of amides is 1. The fourth-order valence-corrected chi connectivity index (χ4v) is 4.12. The summed E-state index contributed by atoms with van der Waals surface area (Å²) in [5, 5.41) is 10.9. The maximum absolute atomic E-state index is 13.7. The number of halogens is 5. The van der Waals surface area contributed by atoms with E-state index in [0.717, 1.165) is 6.20 Å². The molecule has 0 saturated carbocycles. The Balaban J connectivity index is 1.76. The van der Waals surface area contributed by atoms with Crippen LogP contribution in [-0.2, 0) is 19.8 Å². The van der Waals surface area contributed by atoms with Crippen LogP contribution in [0.15, 0.2) is 67.1 Å². The summed E-state index contributed by atoms with van der Waals surface area (Å²) in [5.74, 6) is -1.14. The number of carbonyl (C=O) groups excluding carboxylic acids is 1. The van der Waals surface area contributed by atoms with Crippen LogP contribution in [0.5, 0.6) is 0 Å². The Morgan fingerprint density at radius 1 is 1.16 bits per heavy atom. The Labute approximate surface area is 214 Å². The summed E-state index contributed by atoms with van der Waals surface area (Å²) in [4.78, 5) is 16.7. The zero-order valence-corrected chi connectivity index (χ0v) is 20.5. The van der Waals surface area contributed by atoms with Gasteiger partial charge in [-0.25, -0.2) is 4.39 Å². The number of pyridine rings is 1. The molecule has 0 fully saturated rings. The van der Waals surface area contributed by atoms with Gasteiger partial charge in [-0.3, -0.25) is 15.2 Å². The number of nitrogens with zero attached hydrogens (tertiary/aromatic N) is 3. The molecule has 0 spiro atoms. The van der Waals surface area contributed by atoms with Crippen molar-refractivity contribution >= 4 is 17.5 Å². The molecule has 1 amide bonds. The molecule has 4 rings (SSSR count). The summed E-state index contributed by atoms with van der Waals surface area (Å²) in [6.07, 6.45) is -0.294. The van der Waals surface area contributed by atoms with Gasteiger partial charge in [0.2, 0.25) is 5.62 Å². The van der Waals surface area contributed by atoms with E-state index >= 15 is 0 Å². The number of nitrogens with one attached hydrogen (secondary N) is 2. The second-order valence-corrected chi connectivity index (χ2v) is 8.95. The lowest BCUT2D eigenvalue weighted by atomic mass is 9.97. The fourth-order valence-electron chi connectivity index (χ4n) is 3.93. The molecule has 2 aromatic carbocycles. The number of imidazole rings is 1. The maximum atomic E-state index is 13.7. The number of aromatic nitrogens is 3. The first-order chi connectivity index (χ1) is 17.4. The second kappa shape index (κ2) is 10.2. The zero-order valence-electron chi connectivity index (χ0n) is 19.8. The fraction of sp³-hybridized carbons (Fsp3) is 0.192. The number of alkyl halides is 3. The van der Waals surface area contributed by atoms with Crippen LogP contribution < -0.4 is 10.9 Å². The predicted molar refractivity (Wildman–Crippen MR) is 130 cm³/mol. The van der Waals surface area contributed by atoms with Crippen molar-refractivity contribution in [3.05, 3.63) is 106 Å². The van der Waals surface area contributed by atoms with Gasteiger partial charge in [-0.1, -0.05) is 23.7 Å². The van der Waals surface area contributed by atoms with Gasteiger partial charge >= 0.3 is 6.18 Å². The lowest BCUT2D eigenvalue weighted by molar-refractivity contribution is -0.140. The molecule has 0 saturated heterocycles. The van der Waals surface area contributed by atoms with Crippen molar-refractivity contribution in [2.75, 3.05) is 0 Å². The van der Waals surface area contributed by atoms with Crippen molar-refractivity contribution in [2.45, 2.75) is 25.7 Å². The van der Waals surface area contributed by atoms with Gasteiger partial charge in [-0.15, -0.1) is 0 Å². The van der Waals surface area contributed by atoms with Gasteiger partial charge in [0.05, 0.1) is 17.6 Å². The smallest absolute Gasteiger partial charge is 0.346 e. The van der Waals surface area contributed by atoms with Crippen LogP contribution in [0.3, 0.4) is 0 Å². The summed E-state index contributed by atoms with van der Waals surface area (Å²) in [5.41, 5.74) is 0.282. The van der Waals surface area contributed by atoms with Crippen molar-refractivity contribution in [2.24, 2.45) is 7.05 Å². The van der Waals surface area contributed by atoms with Crippen LogP contribution >= 0.6 is 11.6 Å². The number of rotatable bonds is 6. The topological polar surface area (TPSA) is 75.7 Å². The largest absolute Gasteiger partial charge is 0.433 e. The molecule has 0 bridgehead atoms. The highest BCUT2D eigenvalue weighted by Gasteiger charge is 2.35. The molecular formula is C26H22ClF4N5O. The predicted octanol–water partition coefficient (Wildman–Crippen LogP) is 5.72. The minimum absolute atomic E-state index is 0.0924. The van der Waals surface area contributed by atoms with Crippen LogP contribution in [0.1, 0.15) is 40.1 Å². The Morgan fingerprint density at radius 3 is 2.57 bits per heavy atom. The monoisotopic (exact) mass is 531 g/mol. The molecule has 37 heavy (non-hydrogen) atoms. The molecule has 0 aliphatic rings. The standard InChI is InChI=1S/C26H22ClF4N5O/c1-15(17-5-6-22(28)21(27)13-17)34-24(37)19-11-16(14-36-9-8-35(2)25(36)32)10-18(12-19)20-4-3-7-33-23(20)26(29,30)31/h3-13,15,32H,14H2,1-2H3,(H,34,37)/t15-/m0/s1. The summed E-state index contributed by atoms with van der Waals surface area (Å²) in [7, 11) is 1.70. The third kappa shape index (κ3) is 5.75. The highest BCUT2D eigenvalue weighted by atomic mass is 35.5. The summed E-state index contributed by atoms with van der Waals surface area (Å²) < 4.78 is 57.8. The average molecular weight is 532 g/mol. The molecule has 0 radical (unpaired) electrons. The number of aryl methyl sites for hydroxylation is 1. The Bertz CT molecular complexity index is 1530. The van der Waals surface area contributed by atoms with Crippen LogP contribution in [-0.4, -0.2) is 20.0 Å². The van der Waals surface area contributed by atoms with Gasteiger partial charge in [0, 0.05) is 36.8 Å². The third-order valence-corrected chi connectivity index (χ3v) is 6.15. The Kier molecular flexibility index (Phi) is 7.22. The number of hydrogen-bond acceptors (Lipinski definition) is 3. The van der Waals surface area contributed by atoms with Crippen LogP contribution in [0.25, 0.3) is 11.1 Å². The third-order valence-electron chi connectivity index (χ3n) is 5.86. The lowest BCUT2D eigenvalue weighted by Gasteiger charge is -2.17. The molecule has 2 heterocycles. The number of hydrogen-bond donors (Lipinski definition) is 2. The molecule has 11 heteroatoms. The molecular weight excluding hydrogens is 510 g/mol. The van der Waals surface area contributed by atoms with E-state index in [9.17, 15) is 22.4 Å². The van der Waals surface area contributed by atoms with E-state index in [0.29, 0.717) is 11.1 Å². The molecule has 6 nitrogen and oxygen atoms in total. The van der Waals surface area contributed by atoms with Crippen LogP contribution in [0.2, 0.25) is 5.02 Å². The van der Waals surface area contributed by atoms with Crippen LogP contribution in [0.4, 0.5) is 17.6 Å². The molecule has 0 aliphatic heterocycles. The Hall–Kier alpha value is -3.92. The van der Waals surface area contributed by atoms with Crippen molar-refractivity contribution in [1.82, 2.24) is 19.4 Å². The number of benzene rings is 2. The Morgan fingerprint density at radius 2 is 1.92 bits per heavy atom. The molecule has 1 atom stereocenters. The van der Waals surface area contributed by atoms with E-state index in [2.05, 4.69) is 10.3 Å². The van der Waals surface area contributed by atoms with Crippen molar-refractivity contribution in [3.8, 4) is 11.1 Å². The first-order valence-corrected chi connectivity index (χ1v) is 11.5. The highest BCUT2D eigenvalue weighted by Crippen LogP contribution is 2.36. The summed E-state index contributed by atoms with van der Waals surface area (Å²) in [6, 6.07) is 10.7. The lowest BCUT2D eigenvalue weighted by Crippen LogP contribution is -2.27. The van der Waals surface area contributed by atoms with Gasteiger partial charge in [-0.2, -0.15) is 13.2 Å². The van der Waals surface area contributed by atoms with E-state index in [1.807, 2.05) is 0 Å². The van der Waals surface area contributed by atoms with E-state index in [1.54, 1.807) is 47.6 Å². The molecule has 192 valence electrons. The molecule has 2 aromatic heterocycles. The SMILES string of the molecule is C[C@H](NC(=O)c1cc(Cn2ccn(C)c2=N)cc(-c2cccnc2C(F)(F)F)c1)c1ccc(F)c(Cl)c1. The van der Waals surface area contributed by atoms with E-state index in [1.165, 1.54) is 36.4 Å². The molecule has 2 N–H and O–H groups in total. The minimum atomic E-state index is -4.70. The van der Waals surface area contributed by atoms with Gasteiger partial charge < -0.3 is 14.5 Å². The summed E-state index contributed by atoms with van der Waals surface area (Å²) >= 11 is 5.86. The van der Waals surface area contributed by atoms with Crippen molar-refractivity contribution in [3.63, 3.8) is 0 Å². The van der Waals surface area contributed by atoms with Gasteiger partial charge in [-0.05, 0) is 60.0 Å². The zero-order chi connectivity index (χ0) is 26.9. The first-order valence-electron chi connectivity index (χ1n) is 11.1. The average Bonchev–Trinajstić information content (AvgIpc) is 3.17. The van der Waals surface area contributed by atoms with E-state index < -0.39 is 29.6 Å². The minimum Gasteiger partial charge on any atom is -0.346 e. The molecule has 0 aliphatic carbocycles. The maximum Gasteiger partial charge on any atom is 0.433 e. The van der Waals surface area contributed by atoms with Gasteiger partial charge in [0.1, 0.15) is 5.82 Å². The van der Waals surface area contributed by atoms with Gasteiger partial charge in [0.15, 0.2) is 5.69 Å². The normalized spacial score (nSPS) is 12.4.